The van der Waals surface area contributed by atoms with E-state index in [-0.39, 0.29) is 16.4 Å². The van der Waals surface area contributed by atoms with E-state index >= 15 is 0 Å². The standard InChI is InChI=1S/C17H18FNO5S2/c1-9-14-12(18)4-3-5-13(14)25-15(9)17(21)24-10(2)16(20)19-11-6-7-26(22,23)8-11/h3-5,10-11H,6-8H2,1-2H3,(H,19,20)/t10-,11-/m1/s1. The molecule has 0 saturated carbocycles. The minimum Gasteiger partial charge on any atom is -0.448 e. The number of amides is 1. The van der Waals surface area contributed by atoms with Crippen LogP contribution < -0.4 is 5.32 Å². The highest BCUT2D eigenvalue weighted by Crippen LogP contribution is 2.33. The van der Waals surface area contributed by atoms with Crippen LogP contribution >= 0.6 is 11.3 Å². The Labute approximate surface area is 154 Å². The van der Waals surface area contributed by atoms with E-state index in [1.807, 2.05) is 0 Å². The highest BCUT2D eigenvalue weighted by molar-refractivity contribution is 7.91. The van der Waals surface area contributed by atoms with Crippen molar-refractivity contribution in [2.24, 2.45) is 0 Å². The number of rotatable bonds is 4. The van der Waals surface area contributed by atoms with Crippen molar-refractivity contribution >= 4 is 43.1 Å². The SMILES string of the molecule is Cc1c(C(=O)O[C@H](C)C(=O)N[C@@H]2CCS(=O)(=O)C2)sc2cccc(F)c12. The van der Waals surface area contributed by atoms with Gasteiger partial charge in [-0.25, -0.2) is 17.6 Å². The Bertz CT molecular complexity index is 982. The quantitative estimate of drug-likeness (QED) is 0.796. The Balaban J connectivity index is 1.69. The van der Waals surface area contributed by atoms with Gasteiger partial charge in [0.15, 0.2) is 15.9 Å². The molecule has 6 nitrogen and oxygen atoms in total. The molecule has 1 aromatic carbocycles. The van der Waals surface area contributed by atoms with Crippen LogP contribution in [-0.2, 0) is 19.4 Å². The molecular formula is C17H18FNO5S2. The normalized spacial score (nSPS) is 20.0. The number of benzene rings is 1. The average Bonchev–Trinajstić information content (AvgIpc) is 3.07. The van der Waals surface area contributed by atoms with Crippen molar-refractivity contribution in [3.8, 4) is 0 Å². The fourth-order valence-corrected chi connectivity index (χ4v) is 5.72. The topological polar surface area (TPSA) is 89.5 Å². The molecule has 2 heterocycles. The average molecular weight is 399 g/mol. The van der Waals surface area contributed by atoms with Gasteiger partial charge in [-0.2, -0.15) is 0 Å². The fourth-order valence-electron chi connectivity index (χ4n) is 2.94. The van der Waals surface area contributed by atoms with Crippen LogP contribution in [0.2, 0.25) is 0 Å². The Morgan fingerprint density at radius 3 is 2.73 bits per heavy atom. The summed E-state index contributed by atoms with van der Waals surface area (Å²) in [6.07, 6.45) is -0.732. The van der Waals surface area contributed by atoms with Gasteiger partial charge in [0.2, 0.25) is 0 Å². The number of halogens is 1. The van der Waals surface area contributed by atoms with E-state index in [0.717, 1.165) is 11.3 Å². The number of fused-ring (bicyclic) bond motifs is 1. The maximum atomic E-state index is 13.9. The lowest BCUT2D eigenvalue weighted by molar-refractivity contribution is -0.129. The Hall–Kier alpha value is -2.00. The molecule has 1 aliphatic heterocycles. The molecule has 0 unspecified atom stereocenters. The molecule has 0 bridgehead atoms. The number of nitrogens with one attached hydrogen (secondary N) is 1. The molecule has 2 aromatic rings. The summed E-state index contributed by atoms with van der Waals surface area (Å²) in [6.45, 7) is 3.05. The smallest absolute Gasteiger partial charge is 0.349 e. The number of sulfone groups is 1. The Morgan fingerprint density at radius 2 is 2.12 bits per heavy atom. The summed E-state index contributed by atoms with van der Waals surface area (Å²) in [5, 5.41) is 2.96. The molecule has 2 atom stereocenters. The van der Waals surface area contributed by atoms with E-state index in [0.29, 0.717) is 22.1 Å². The van der Waals surface area contributed by atoms with Crippen LogP contribution in [0.25, 0.3) is 10.1 Å². The van der Waals surface area contributed by atoms with Gasteiger partial charge >= 0.3 is 5.97 Å². The monoisotopic (exact) mass is 399 g/mol. The molecule has 1 aromatic heterocycles. The largest absolute Gasteiger partial charge is 0.448 e. The molecule has 0 spiro atoms. The molecule has 0 radical (unpaired) electrons. The zero-order chi connectivity index (χ0) is 19.1. The van der Waals surface area contributed by atoms with Crippen molar-refractivity contribution in [3.05, 3.63) is 34.5 Å². The molecule has 140 valence electrons. The molecule has 3 rings (SSSR count). The highest BCUT2D eigenvalue weighted by atomic mass is 32.2. The van der Waals surface area contributed by atoms with Gasteiger partial charge in [-0.3, -0.25) is 4.79 Å². The fraction of sp³-hybridized carbons (Fsp3) is 0.412. The van der Waals surface area contributed by atoms with Gasteiger partial charge < -0.3 is 10.1 Å². The number of esters is 1. The summed E-state index contributed by atoms with van der Waals surface area (Å²) in [6, 6.07) is 4.13. The molecule has 1 amide bonds. The van der Waals surface area contributed by atoms with Gasteiger partial charge in [0, 0.05) is 16.1 Å². The Morgan fingerprint density at radius 1 is 1.38 bits per heavy atom. The maximum Gasteiger partial charge on any atom is 0.349 e. The van der Waals surface area contributed by atoms with Crippen LogP contribution in [0.4, 0.5) is 4.39 Å². The van der Waals surface area contributed by atoms with Gasteiger partial charge in [0.05, 0.1) is 11.5 Å². The summed E-state index contributed by atoms with van der Waals surface area (Å²) in [7, 11) is -3.11. The van der Waals surface area contributed by atoms with E-state index in [4.69, 9.17) is 4.74 Å². The van der Waals surface area contributed by atoms with Crippen molar-refractivity contribution in [2.75, 3.05) is 11.5 Å². The van der Waals surface area contributed by atoms with Crippen molar-refractivity contribution in [3.63, 3.8) is 0 Å². The highest BCUT2D eigenvalue weighted by Gasteiger charge is 2.31. The lowest BCUT2D eigenvalue weighted by atomic mass is 10.1. The first-order valence-electron chi connectivity index (χ1n) is 8.07. The van der Waals surface area contributed by atoms with Gasteiger partial charge in [-0.15, -0.1) is 11.3 Å². The maximum absolute atomic E-state index is 13.9. The van der Waals surface area contributed by atoms with Crippen LogP contribution in [0.1, 0.15) is 28.6 Å². The first kappa shape index (κ1) is 18.8. The summed E-state index contributed by atoms with van der Waals surface area (Å²) in [4.78, 5) is 24.8. The zero-order valence-electron chi connectivity index (χ0n) is 14.2. The first-order chi connectivity index (χ1) is 12.2. The summed E-state index contributed by atoms with van der Waals surface area (Å²) in [5.74, 6) is -1.73. The van der Waals surface area contributed by atoms with Gasteiger partial charge in [0.1, 0.15) is 10.7 Å². The third-order valence-corrected chi connectivity index (χ3v) is 7.33. The molecule has 0 aliphatic carbocycles. The third-order valence-electron chi connectivity index (χ3n) is 4.32. The lowest BCUT2D eigenvalue weighted by Crippen LogP contribution is -2.42. The summed E-state index contributed by atoms with van der Waals surface area (Å²) < 4.78 is 42.7. The van der Waals surface area contributed by atoms with Crippen LogP contribution in [0.5, 0.6) is 0 Å². The van der Waals surface area contributed by atoms with Crippen LogP contribution in [0.15, 0.2) is 18.2 Å². The molecule has 1 aliphatic rings. The van der Waals surface area contributed by atoms with E-state index in [9.17, 15) is 22.4 Å². The number of carbonyl (C=O) groups is 2. The zero-order valence-corrected chi connectivity index (χ0v) is 15.9. The third kappa shape index (κ3) is 3.73. The predicted molar refractivity (Wildman–Crippen MR) is 96.6 cm³/mol. The molecule has 1 saturated heterocycles. The molecular weight excluding hydrogens is 381 g/mol. The van der Waals surface area contributed by atoms with E-state index in [1.54, 1.807) is 19.1 Å². The molecule has 9 heteroatoms. The van der Waals surface area contributed by atoms with Gasteiger partial charge in [-0.1, -0.05) is 6.07 Å². The number of hydrogen-bond donors (Lipinski definition) is 1. The summed E-state index contributed by atoms with van der Waals surface area (Å²) in [5.41, 5.74) is 0.475. The second-order valence-electron chi connectivity index (χ2n) is 6.33. The van der Waals surface area contributed by atoms with Crippen molar-refractivity contribution < 1.29 is 27.1 Å². The van der Waals surface area contributed by atoms with Crippen LogP contribution in [0.3, 0.4) is 0 Å². The summed E-state index contributed by atoms with van der Waals surface area (Å²) >= 11 is 1.11. The van der Waals surface area contributed by atoms with Crippen LogP contribution in [0, 0.1) is 12.7 Å². The number of thiophene rings is 1. The number of aryl methyl sites for hydroxylation is 1. The van der Waals surface area contributed by atoms with E-state index in [2.05, 4.69) is 5.32 Å². The minimum atomic E-state index is -3.11. The molecule has 1 fully saturated rings. The van der Waals surface area contributed by atoms with Crippen molar-refractivity contribution in [2.45, 2.75) is 32.4 Å². The number of hydrogen-bond acceptors (Lipinski definition) is 6. The van der Waals surface area contributed by atoms with E-state index in [1.165, 1.54) is 13.0 Å². The van der Waals surface area contributed by atoms with Gasteiger partial charge in [-0.05, 0) is 38.0 Å². The first-order valence-corrected chi connectivity index (χ1v) is 10.7. The predicted octanol–water partition coefficient (Wildman–Crippen LogP) is 2.20. The van der Waals surface area contributed by atoms with Crippen molar-refractivity contribution in [1.82, 2.24) is 5.32 Å². The second-order valence-corrected chi connectivity index (χ2v) is 9.61. The number of carbonyl (C=O) groups excluding carboxylic acids is 2. The lowest BCUT2D eigenvalue weighted by Gasteiger charge is -2.16. The van der Waals surface area contributed by atoms with Crippen molar-refractivity contribution in [1.29, 1.82) is 0 Å². The minimum absolute atomic E-state index is 0.0403. The molecule has 1 N–H and O–H groups in total. The van der Waals surface area contributed by atoms with E-state index < -0.39 is 39.7 Å². The second kappa shape index (κ2) is 6.96. The number of ether oxygens (including phenoxy) is 1. The van der Waals surface area contributed by atoms with Crippen LogP contribution in [-0.4, -0.2) is 43.9 Å². The molecule has 26 heavy (non-hydrogen) atoms. The Kier molecular flexibility index (Phi) is 5.03. The van der Waals surface area contributed by atoms with Gasteiger partial charge in [0.25, 0.3) is 5.91 Å².